The van der Waals surface area contributed by atoms with Gasteiger partial charge in [-0.2, -0.15) is 0 Å². The predicted octanol–water partition coefficient (Wildman–Crippen LogP) is 1.89. The number of benzene rings is 1. The summed E-state index contributed by atoms with van der Waals surface area (Å²) in [6.07, 6.45) is 1.65. The average Bonchev–Trinajstić information content (AvgIpc) is 2.27. The number of hydrogen-bond acceptors (Lipinski definition) is 3. The van der Waals surface area contributed by atoms with Crippen LogP contribution in [0.3, 0.4) is 0 Å². The molecule has 0 saturated heterocycles. The van der Waals surface area contributed by atoms with Crippen LogP contribution in [0, 0.1) is 10.1 Å². The van der Waals surface area contributed by atoms with Gasteiger partial charge in [-0.05, 0) is 18.4 Å². The molecule has 0 N–H and O–H groups in total. The second kappa shape index (κ2) is 3.92. The van der Waals surface area contributed by atoms with E-state index in [0.717, 1.165) is 18.4 Å². The molecule has 0 bridgehead atoms. The van der Waals surface area contributed by atoms with Crippen LogP contribution in [0.2, 0.25) is 0 Å². The summed E-state index contributed by atoms with van der Waals surface area (Å²) in [5, 5.41) is 10.9. The Hall–Kier alpha value is -1.91. The van der Waals surface area contributed by atoms with Gasteiger partial charge in [0.05, 0.1) is 4.92 Å². The highest BCUT2D eigenvalue weighted by atomic mass is 16.6. The van der Waals surface area contributed by atoms with Gasteiger partial charge in [0, 0.05) is 19.5 Å². The van der Waals surface area contributed by atoms with Crippen LogP contribution in [0.15, 0.2) is 18.2 Å². The van der Waals surface area contributed by atoms with Crippen molar-refractivity contribution in [1.29, 1.82) is 0 Å². The number of nitro groups is 1. The Labute approximate surface area is 92.8 Å². The number of nitrogens with zero attached hydrogens (tertiary/aromatic N) is 2. The molecular weight excluding hydrogens is 208 g/mol. The summed E-state index contributed by atoms with van der Waals surface area (Å²) < 4.78 is 0. The maximum atomic E-state index is 11.4. The zero-order valence-electron chi connectivity index (χ0n) is 8.97. The fourth-order valence-electron chi connectivity index (χ4n) is 2.09. The largest absolute Gasteiger partial charge is 0.306 e. The van der Waals surface area contributed by atoms with Crippen molar-refractivity contribution in [3.8, 4) is 0 Å². The quantitative estimate of drug-likeness (QED) is 0.536. The van der Waals surface area contributed by atoms with Gasteiger partial charge in [0.2, 0.25) is 5.91 Å². The van der Waals surface area contributed by atoms with E-state index in [1.165, 1.54) is 17.9 Å². The molecule has 0 radical (unpaired) electrons. The monoisotopic (exact) mass is 220 g/mol. The number of nitro benzene ring substituents is 1. The van der Waals surface area contributed by atoms with Crippen molar-refractivity contribution >= 4 is 17.3 Å². The number of para-hydroxylation sites is 1. The predicted molar refractivity (Wildman–Crippen MR) is 59.4 cm³/mol. The van der Waals surface area contributed by atoms with Crippen LogP contribution in [0.4, 0.5) is 11.4 Å². The third-order valence-electron chi connectivity index (χ3n) is 2.77. The van der Waals surface area contributed by atoms with Crippen molar-refractivity contribution in [1.82, 2.24) is 0 Å². The fraction of sp³-hybridized carbons (Fsp3) is 0.364. The first kappa shape index (κ1) is 10.6. The lowest BCUT2D eigenvalue weighted by Crippen LogP contribution is -2.34. The minimum absolute atomic E-state index is 0.0207. The van der Waals surface area contributed by atoms with Crippen molar-refractivity contribution in [3.63, 3.8) is 0 Å². The summed E-state index contributed by atoms with van der Waals surface area (Å²) in [5.41, 5.74) is 1.38. The zero-order chi connectivity index (χ0) is 11.7. The van der Waals surface area contributed by atoms with E-state index >= 15 is 0 Å². The van der Waals surface area contributed by atoms with Gasteiger partial charge in [0.25, 0.3) is 5.69 Å². The molecule has 0 spiro atoms. The number of fused-ring (bicyclic) bond motifs is 1. The van der Waals surface area contributed by atoms with Gasteiger partial charge in [-0.25, -0.2) is 0 Å². The highest BCUT2D eigenvalue weighted by Crippen LogP contribution is 2.35. The highest BCUT2D eigenvalue weighted by Gasteiger charge is 2.27. The number of aryl methyl sites for hydroxylation is 1. The molecule has 0 fully saturated rings. The van der Waals surface area contributed by atoms with Crippen molar-refractivity contribution in [3.05, 3.63) is 33.9 Å². The van der Waals surface area contributed by atoms with Crippen LogP contribution < -0.4 is 4.90 Å². The molecule has 2 rings (SSSR count). The SMILES string of the molecule is CC(=O)N1CCCc2cccc([N+](=O)[O-])c21. The Morgan fingerprint density at radius 3 is 2.88 bits per heavy atom. The van der Waals surface area contributed by atoms with E-state index < -0.39 is 4.92 Å². The first-order chi connectivity index (χ1) is 7.61. The molecule has 5 heteroatoms. The Morgan fingerprint density at radius 2 is 2.25 bits per heavy atom. The first-order valence-electron chi connectivity index (χ1n) is 5.15. The Kier molecular flexibility index (Phi) is 2.60. The number of carbonyl (C=O) groups excluding carboxylic acids is 1. The molecular formula is C11H12N2O3. The normalized spacial score (nSPS) is 14.4. The zero-order valence-corrected chi connectivity index (χ0v) is 8.97. The number of rotatable bonds is 1. The maximum absolute atomic E-state index is 11.4. The summed E-state index contributed by atoms with van der Waals surface area (Å²) in [6.45, 7) is 2.00. The number of carbonyl (C=O) groups is 1. The maximum Gasteiger partial charge on any atom is 0.293 e. The minimum atomic E-state index is -0.430. The molecule has 84 valence electrons. The van der Waals surface area contributed by atoms with Gasteiger partial charge in [-0.15, -0.1) is 0 Å². The lowest BCUT2D eigenvalue weighted by atomic mass is 10.0. The summed E-state index contributed by atoms with van der Waals surface area (Å²) in [6, 6.07) is 4.96. The van der Waals surface area contributed by atoms with Crippen LogP contribution in [0.1, 0.15) is 18.9 Å². The summed E-state index contributed by atoms with van der Waals surface area (Å²) in [7, 11) is 0. The Morgan fingerprint density at radius 1 is 1.50 bits per heavy atom. The number of hydrogen-bond donors (Lipinski definition) is 0. The third kappa shape index (κ3) is 1.64. The second-order valence-corrected chi connectivity index (χ2v) is 3.82. The first-order valence-corrected chi connectivity index (χ1v) is 5.15. The molecule has 0 aromatic heterocycles. The summed E-state index contributed by atoms with van der Waals surface area (Å²) in [5.74, 6) is -0.143. The van der Waals surface area contributed by atoms with E-state index in [4.69, 9.17) is 0 Å². The lowest BCUT2D eigenvalue weighted by Gasteiger charge is -2.27. The molecule has 1 aliphatic rings. The van der Waals surface area contributed by atoms with Crippen LogP contribution in [-0.4, -0.2) is 17.4 Å². The highest BCUT2D eigenvalue weighted by molar-refractivity contribution is 5.95. The number of anilines is 1. The van der Waals surface area contributed by atoms with E-state index in [0.29, 0.717) is 12.2 Å². The standard InChI is InChI=1S/C11H12N2O3/c1-8(14)12-7-3-5-9-4-2-6-10(11(9)12)13(15)16/h2,4,6H,3,5,7H2,1H3. The summed E-state index contributed by atoms with van der Waals surface area (Å²) in [4.78, 5) is 23.4. The number of amides is 1. The minimum Gasteiger partial charge on any atom is -0.306 e. The van der Waals surface area contributed by atoms with Crippen LogP contribution in [0.5, 0.6) is 0 Å². The molecule has 0 unspecified atom stereocenters. The Balaban J connectivity index is 2.59. The topological polar surface area (TPSA) is 63.5 Å². The summed E-state index contributed by atoms with van der Waals surface area (Å²) >= 11 is 0. The van der Waals surface area contributed by atoms with Crippen molar-refractivity contribution in [2.75, 3.05) is 11.4 Å². The van der Waals surface area contributed by atoms with E-state index in [1.807, 2.05) is 6.07 Å². The molecule has 16 heavy (non-hydrogen) atoms. The fourth-order valence-corrected chi connectivity index (χ4v) is 2.09. The van der Waals surface area contributed by atoms with Gasteiger partial charge in [0.15, 0.2) is 0 Å². The molecule has 0 atom stereocenters. The molecule has 5 nitrogen and oxygen atoms in total. The smallest absolute Gasteiger partial charge is 0.293 e. The van der Waals surface area contributed by atoms with Gasteiger partial charge in [0.1, 0.15) is 5.69 Å². The van der Waals surface area contributed by atoms with Crippen LogP contribution in [-0.2, 0) is 11.2 Å². The van der Waals surface area contributed by atoms with Crippen molar-refractivity contribution < 1.29 is 9.72 Å². The van der Waals surface area contributed by atoms with E-state index in [1.54, 1.807) is 6.07 Å². The van der Waals surface area contributed by atoms with Crippen LogP contribution in [0.25, 0.3) is 0 Å². The van der Waals surface area contributed by atoms with Gasteiger partial charge < -0.3 is 4.90 Å². The molecule has 1 aliphatic heterocycles. The van der Waals surface area contributed by atoms with Gasteiger partial charge in [-0.3, -0.25) is 14.9 Å². The molecule has 0 saturated carbocycles. The van der Waals surface area contributed by atoms with E-state index in [2.05, 4.69) is 0 Å². The molecule has 1 amide bonds. The van der Waals surface area contributed by atoms with Crippen LogP contribution >= 0.6 is 0 Å². The second-order valence-electron chi connectivity index (χ2n) is 3.82. The molecule has 1 aromatic rings. The van der Waals surface area contributed by atoms with Gasteiger partial charge >= 0.3 is 0 Å². The Bertz CT molecular complexity index is 457. The van der Waals surface area contributed by atoms with E-state index in [9.17, 15) is 14.9 Å². The molecule has 1 aromatic carbocycles. The third-order valence-corrected chi connectivity index (χ3v) is 2.77. The van der Waals surface area contributed by atoms with E-state index in [-0.39, 0.29) is 11.6 Å². The van der Waals surface area contributed by atoms with Crippen molar-refractivity contribution in [2.45, 2.75) is 19.8 Å². The van der Waals surface area contributed by atoms with Crippen molar-refractivity contribution in [2.24, 2.45) is 0 Å². The molecule has 1 heterocycles. The van der Waals surface area contributed by atoms with Gasteiger partial charge in [-0.1, -0.05) is 12.1 Å². The lowest BCUT2D eigenvalue weighted by molar-refractivity contribution is -0.384. The molecule has 0 aliphatic carbocycles. The average molecular weight is 220 g/mol.